The Balaban J connectivity index is 1.68. The molecule has 0 saturated heterocycles. The van der Waals surface area contributed by atoms with Gasteiger partial charge < -0.3 is 5.32 Å². The second-order valence-electron chi connectivity index (χ2n) is 5.67. The lowest BCUT2D eigenvalue weighted by Crippen LogP contribution is -2.23. The van der Waals surface area contributed by atoms with Crippen LogP contribution in [-0.4, -0.2) is 20.9 Å². The maximum atomic E-state index is 12.3. The summed E-state index contributed by atoms with van der Waals surface area (Å²) in [6.07, 6.45) is 6.42. The lowest BCUT2D eigenvalue weighted by Gasteiger charge is -2.09. The van der Waals surface area contributed by atoms with Crippen molar-refractivity contribution in [2.24, 2.45) is 0 Å². The lowest BCUT2D eigenvalue weighted by molar-refractivity contribution is 0.0950. The van der Waals surface area contributed by atoms with Crippen molar-refractivity contribution in [3.8, 4) is 11.3 Å². The highest BCUT2D eigenvalue weighted by Gasteiger charge is 2.08. The first-order valence-electron chi connectivity index (χ1n) is 7.69. The van der Waals surface area contributed by atoms with E-state index in [1.54, 1.807) is 30.7 Å². The summed E-state index contributed by atoms with van der Waals surface area (Å²) in [5, 5.41) is 2.94. The van der Waals surface area contributed by atoms with Gasteiger partial charge >= 0.3 is 0 Å². The molecule has 0 spiro atoms. The Morgan fingerprint density at radius 2 is 1.83 bits per heavy atom. The average Bonchev–Trinajstić information content (AvgIpc) is 2.63. The highest BCUT2D eigenvalue weighted by Crippen LogP contribution is 2.15. The molecule has 24 heavy (non-hydrogen) atoms. The molecule has 1 aromatic carbocycles. The molecule has 3 aromatic rings. The Labute approximate surface area is 140 Å². The summed E-state index contributed by atoms with van der Waals surface area (Å²) < 4.78 is 0. The molecule has 0 aliphatic heterocycles. The number of nitrogens with zero attached hydrogens (tertiary/aromatic N) is 3. The van der Waals surface area contributed by atoms with Gasteiger partial charge in [-0.3, -0.25) is 9.78 Å². The number of nitrogens with one attached hydrogen (secondary N) is 1. The number of rotatable bonds is 4. The van der Waals surface area contributed by atoms with Gasteiger partial charge in [-0.05, 0) is 37.1 Å². The molecule has 0 unspecified atom stereocenters. The summed E-state index contributed by atoms with van der Waals surface area (Å²) >= 11 is 0. The number of carbonyl (C=O) groups excluding carboxylic acids is 1. The van der Waals surface area contributed by atoms with Crippen molar-refractivity contribution in [3.05, 3.63) is 77.5 Å². The lowest BCUT2D eigenvalue weighted by atomic mass is 10.1. The van der Waals surface area contributed by atoms with Gasteiger partial charge in [0.2, 0.25) is 0 Å². The highest BCUT2D eigenvalue weighted by molar-refractivity contribution is 5.94. The normalized spacial score (nSPS) is 10.4. The monoisotopic (exact) mass is 318 g/mol. The van der Waals surface area contributed by atoms with E-state index in [9.17, 15) is 4.79 Å². The number of amides is 1. The molecular weight excluding hydrogens is 300 g/mol. The molecule has 0 saturated carbocycles. The van der Waals surface area contributed by atoms with E-state index < -0.39 is 0 Å². The molecular formula is C19H18N4O. The molecule has 2 heterocycles. The maximum absolute atomic E-state index is 12.3. The highest BCUT2D eigenvalue weighted by atomic mass is 16.1. The quantitative estimate of drug-likeness (QED) is 0.802. The topological polar surface area (TPSA) is 67.8 Å². The number of hydrogen-bond donors (Lipinski definition) is 1. The van der Waals surface area contributed by atoms with Crippen molar-refractivity contribution in [1.82, 2.24) is 20.3 Å². The summed E-state index contributed by atoms with van der Waals surface area (Å²) in [5.41, 5.74) is 5.55. The summed E-state index contributed by atoms with van der Waals surface area (Å²) in [4.78, 5) is 24.5. The van der Waals surface area contributed by atoms with Crippen LogP contribution in [0.3, 0.4) is 0 Å². The minimum Gasteiger partial charge on any atom is -0.348 e. The SMILES string of the molecule is Cc1ccc(C)c(CNC(=O)c2ccc(-c3cncnc3)nc2)c1. The van der Waals surface area contributed by atoms with Crippen molar-refractivity contribution in [1.29, 1.82) is 0 Å². The molecule has 0 atom stereocenters. The summed E-state index contributed by atoms with van der Waals surface area (Å²) in [6, 6.07) is 9.78. The van der Waals surface area contributed by atoms with E-state index in [1.807, 2.05) is 13.8 Å². The van der Waals surface area contributed by atoms with E-state index in [0.29, 0.717) is 12.1 Å². The minimum atomic E-state index is -0.140. The first-order chi connectivity index (χ1) is 11.6. The minimum absolute atomic E-state index is 0.140. The number of pyridine rings is 1. The van der Waals surface area contributed by atoms with Gasteiger partial charge in [0.1, 0.15) is 6.33 Å². The molecule has 5 heteroatoms. The standard InChI is InChI=1S/C19H18N4O/c1-13-3-4-14(2)16(7-13)11-23-19(24)15-5-6-18(22-10-15)17-8-20-12-21-9-17/h3-10,12H,11H2,1-2H3,(H,23,24). The fraction of sp³-hybridized carbons (Fsp3) is 0.158. The van der Waals surface area contributed by atoms with Gasteiger partial charge in [-0.15, -0.1) is 0 Å². The predicted molar refractivity (Wildman–Crippen MR) is 92.3 cm³/mol. The van der Waals surface area contributed by atoms with Crippen LogP contribution in [0.15, 0.2) is 55.2 Å². The number of benzene rings is 1. The zero-order valence-electron chi connectivity index (χ0n) is 13.7. The number of hydrogen-bond acceptors (Lipinski definition) is 4. The number of carbonyl (C=O) groups is 1. The molecule has 120 valence electrons. The van der Waals surface area contributed by atoms with Crippen molar-refractivity contribution < 1.29 is 4.79 Å². The van der Waals surface area contributed by atoms with Crippen LogP contribution in [0.1, 0.15) is 27.0 Å². The summed E-state index contributed by atoms with van der Waals surface area (Å²) in [6.45, 7) is 4.58. The van der Waals surface area contributed by atoms with Crippen molar-refractivity contribution in [2.75, 3.05) is 0 Å². The van der Waals surface area contributed by atoms with Crippen molar-refractivity contribution in [3.63, 3.8) is 0 Å². The molecule has 0 aliphatic rings. The van der Waals surface area contributed by atoms with E-state index >= 15 is 0 Å². The fourth-order valence-electron chi connectivity index (χ4n) is 2.40. The summed E-state index contributed by atoms with van der Waals surface area (Å²) in [5.74, 6) is -0.140. The predicted octanol–water partition coefficient (Wildman–Crippen LogP) is 3.09. The second-order valence-corrected chi connectivity index (χ2v) is 5.67. The van der Waals surface area contributed by atoms with Gasteiger partial charge in [-0.1, -0.05) is 23.8 Å². The van der Waals surface area contributed by atoms with Crippen LogP contribution >= 0.6 is 0 Å². The molecule has 3 rings (SSSR count). The molecule has 1 N–H and O–H groups in total. The van der Waals surface area contributed by atoms with E-state index in [-0.39, 0.29) is 5.91 Å². The zero-order chi connectivity index (χ0) is 16.9. The largest absolute Gasteiger partial charge is 0.348 e. The third-order valence-corrected chi connectivity index (χ3v) is 3.83. The molecule has 0 bridgehead atoms. The summed E-state index contributed by atoms with van der Waals surface area (Å²) in [7, 11) is 0. The van der Waals surface area contributed by atoms with E-state index in [2.05, 4.69) is 38.5 Å². The number of aryl methyl sites for hydroxylation is 2. The van der Waals surface area contributed by atoms with Gasteiger partial charge in [0.05, 0.1) is 11.3 Å². The number of aromatic nitrogens is 3. The Bertz CT molecular complexity index is 845. The van der Waals surface area contributed by atoms with Gasteiger partial charge in [-0.25, -0.2) is 9.97 Å². The van der Waals surface area contributed by atoms with Crippen LogP contribution in [0.25, 0.3) is 11.3 Å². The van der Waals surface area contributed by atoms with Crippen LogP contribution in [0.5, 0.6) is 0 Å². The Morgan fingerprint density at radius 1 is 1.04 bits per heavy atom. The van der Waals surface area contributed by atoms with Gasteiger partial charge in [-0.2, -0.15) is 0 Å². The van der Waals surface area contributed by atoms with Crippen LogP contribution in [-0.2, 0) is 6.54 Å². The van der Waals surface area contributed by atoms with Gasteiger partial charge in [0.15, 0.2) is 0 Å². The second kappa shape index (κ2) is 7.00. The molecule has 5 nitrogen and oxygen atoms in total. The van der Waals surface area contributed by atoms with Gasteiger partial charge in [0, 0.05) is 30.7 Å². The Kier molecular flexibility index (Phi) is 4.61. The van der Waals surface area contributed by atoms with Crippen LogP contribution in [0.4, 0.5) is 0 Å². The van der Waals surface area contributed by atoms with Crippen LogP contribution < -0.4 is 5.32 Å². The van der Waals surface area contributed by atoms with Crippen LogP contribution in [0, 0.1) is 13.8 Å². The van der Waals surface area contributed by atoms with E-state index in [0.717, 1.165) is 16.8 Å². The van der Waals surface area contributed by atoms with Gasteiger partial charge in [0.25, 0.3) is 5.91 Å². The molecule has 0 aliphatic carbocycles. The average molecular weight is 318 g/mol. The third-order valence-electron chi connectivity index (χ3n) is 3.83. The molecule has 1 amide bonds. The van der Waals surface area contributed by atoms with Crippen molar-refractivity contribution in [2.45, 2.75) is 20.4 Å². The molecule has 0 fully saturated rings. The Morgan fingerprint density at radius 3 is 2.54 bits per heavy atom. The molecule has 2 aromatic heterocycles. The van der Waals surface area contributed by atoms with E-state index in [1.165, 1.54) is 17.5 Å². The Hall–Kier alpha value is -3.08. The van der Waals surface area contributed by atoms with Crippen LogP contribution in [0.2, 0.25) is 0 Å². The molecule has 0 radical (unpaired) electrons. The smallest absolute Gasteiger partial charge is 0.253 e. The maximum Gasteiger partial charge on any atom is 0.253 e. The van der Waals surface area contributed by atoms with Crippen molar-refractivity contribution >= 4 is 5.91 Å². The first-order valence-corrected chi connectivity index (χ1v) is 7.69. The zero-order valence-corrected chi connectivity index (χ0v) is 13.7. The fourth-order valence-corrected chi connectivity index (χ4v) is 2.40. The van der Waals surface area contributed by atoms with E-state index in [4.69, 9.17) is 0 Å². The third kappa shape index (κ3) is 3.63. The first kappa shape index (κ1) is 15.8.